The number of alkyl halides is 3. The summed E-state index contributed by atoms with van der Waals surface area (Å²) in [6, 6.07) is 4.57. The molecule has 0 aromatic heterocycles. The first-order valence-corrected chi connectivity index (χ1v) is 15.8. The number of rotatable bonds is 13. The summed E-state index contributed by atoms with van der Waals surface area (Å²) < 4.78 is 49.6. The van der Waals surface area contributed by atoms with Crippen molar-refractivity contribution in [3.63, 3.8) is 0 Å². The van der Waals surface area contributed by atoms with Gasteiger partial charge in [-0.25, -0.2) is 9.38 Å². The number of aliphatic imine (C=N–C) groups is 3. The second kappa shape index (κ2) is 22.2. The highest BCUT2D eigenvalue weighted by Crippen LogP contribution is 2.28. The van der Waals surface area contributed by atoms with Crippen LogP contribution in [-0.4, -0.2) is 91.6 Å². The predicted molar refractivity (Wildman–Crippen MR) is 181 cm³/mol. The first-order chi connectivity index (χ1) is 22.0. The van der Waals surface area contributed by atoms with E-state index in [0.717, 1.165) is 68.9 Å². The van der Waals surface area contributed by atoms with E-state index < -0.39 is 29.5 Å². The molecular weight excluding hydrogens is 624 g/mol. The van der Waals surface area contributed by atoms with Crippen LogP contribution in [0.1, 0.15) is 58.9 Å². The fourth-order valence-corrected chi connectivity index (χ4v) is 4.44. The molecule has 46 heavy (non-hydrogen) atoms. The van der Waals surface area contributed by atoms with E-state index >= 15 is 0 Å². The Kier molecular flexibility index (Phi) is 19.6. The van der Waals surface area contributed by atoms with Gasteiger partial charge in [-0.3, -0.25) is 19.7 Å². The summed E-state index contributed by atoms with van der Waals surface area (Å²) in [5.74, 6) is -1.01. The first kappa shape index (κ1) is 40.7. The SMILES string of the molecule is C=N/C(=C\C/C(=N\CN(CCCC)CC(C)C(=O)O)c1ccc(F)c(Cl)c1)N1CCNCC1.CC.FC(F)(F)C1=CN=CC=CC1. The third-order valence-electron chi connectivity index (χ3n) is 6.82. The number of nitrogens with one attached hydrogen (secondary N) is 1. The van der Waals surface area contributed by atoms with Crippen LogP contribution in [0.3, 0.4) is 0 Å². The van der Waals surface area contributed by atoms with Crippen LogP contribution in [-0.2, 0) is 4.79 Å². The fourth-order valence-electron chi connectivity index (χ4n) is 4.26. The summed E-state index contributed by atoms with van der Waals surface area (Å²) in [6.45, 7) is 16.5. The lowest BCUT2D eigenvalue weighted by atomic mass is 10.1. The minimum atomic E-state index is -4.24. The molecule has 3 rings (SSSR count). The number of carboxylic acids is 1. The van der Waals surface area contributed by atoms with E-state index in [0.29, 0.717) is 19.6 Å². The van der Waals surface area contributed by atoms with Gasteiger partial charge in [0.05, 0.1) is 23.2 Å². The summed E-state index contributed by atoms with van der Waals surface area (Å²) in [4.78, 5) is 28.0. The summed E-state index contributed by atoms with van der Waals surface area (Å²) in [6.07, 6.45) is 5.16. The molecule has 1 atom stereocenters. The lowest BCUT2D eigenvalue weighted by molar-refractivity contribution is -0.141. The predicted octanol–water partition coefficient (Wildman–Crippen LogP) is 7.38. The van der Waals surface area contributed by atoms with Crippen LogP contribution in [0.15, 0.2) is 69.0 Å². The molecule has 0 aliphatic carbocycles. The monoisotopic (exact) mass is 670 g/mol. The van der Waals surface area contributed by atoms with Gasteiger partial charge in [0.2, 0.25) is 0 Å². The second-order valence-corrected chi connectivity index (χ2v) is 10.7. The third kappa shape index (κ3) is 15.3. The van der Waals surface area contributed by atoms with E-state index in [9.17, 15) is 27.5 Å². The number of benzene rings is 1. The summed E-state index contributed by atoms with van der Waals surface area (Å²) >= 11 is 6.04. The fraction of sp³-hybridized carbons (Fsp3) is 0.515. The van der Waals surface area contributed by atoms with E-state index in [2.05, 4.69) is 33.8 Å². The molecule has 13 heteroatoms. The lowest BCUT2D eigenvalue weighted by Gasteiger charge is -2.29. The smallest absolute Gasteiger partial charge is 0.414 e. The van der Waals surface area contributed by atoms with Crippen molar-refractivity contribution < 1.29 is 27.5 Å². The number of allylic oxidation sites excluding steroid dienone is 4. The summed E-state index contributed by atoms with van der Waals surface area (Å²) in [7, 11) is 0. The molecule has 0 amide bonds. The van der Waals surface area contributed by atoms with Gasteiger partial charge in [0.15, 0.2) is 0 Å². The van der Waals surface area contributed by atoms with E-state index in [1.54, 1.807) is 19.1 Å². The molecule has 0 spiro atoms. The van der Waals surface area contributed by atoms with Crippen LogP contribution in [0.2, 0.25) is 5.02 Å². The Bertz CT molecular complexity index is 1240. The van der Waals surface area contributed by atoms with E-state index in [-0.39, 0.29) is 11.4 Å². The zero-order valence-electron chi connectivity index (χ0n) is 27.2. The zero-order chi connectivity index (χ0) is 34.5. The zero-order valence-corrected chi connectivity index (χ0v) is 27.9. The van der Waals surface area contributed by atoms with E-state index in [1.165, 1.54) is 24.4 Å². The van der Waals surface area contributed by atoms with Gasteiger partial charge in [-0.1, -0.05) is 57.9 Å². The van der Waals surface area contributed by atoms with Crippen molar-refractivity contribution in [1.82, 2.24) is 15.1 Å². The largest absolute Gasteiger partial charge is 0.481 e. The van der Waals surface area contributed by atoms with Crippen molar-refractivity contribution in [2.24, 2.45) is 20.9 Å². The maximum atomic E-state index is 13.8. The Labute approximate surface area is 275 Å². The molecule has 2 N–H and O–H groups in total. The van der Waals surface area contributed by atoms with Gasteiger partial charge < -0.3 is 15.3 Å². The average Bonchev–Trinajstić information content (AvgIpc) is 3.35. The van der Waals surface area contributed by atoms with Crippen molar-refractivity contribution in [1.29, 1.82) is 0 Å². The molecule has 2 aliphatic heterocycles. The van der Waals surface area contributed by atoms with Crippen molar-refractivity contribution in [2.75, 3.05) is 45.9 Å². The highest BCUT2D eigenvalue weighted by molar-refractivity contribution is 6.31. The summed E-state index contributed by atoms with van der Waals surface area (Å²) in [5, 5.41) is 12.7. The molecule has 1 saturated heterocycles. The lowest BCUT2D eigenvalue weighted by Crippen LogP contribution is -2.42. The average molecular weight is 671 g/mol. The second-order valence-electron chi connectivity index (χ2n) is 10.3. The van der Waals surface area contributed by atoms with Gasteiger partial charge in [0.25, 0.3) is 0 Å². The quantitative estimate of drug-likeness (QED) is 0.169. The number of halogens is 5. The first-order valence-electron chi connectivity index (χ1n) is 15.5. The Morgan fingerprint density at radius 2 is 1.98 bits per heavy atom. The number of nitrogens with zero attached hydrogens (tertiary/aromatic N) is 5. The molecule has 2 aliphatic rings. The highest BCUT2D eigenvalue weighted by Gasteiger charge is 2.32. The molecule has 2 heterocycles. The molecule has 1 unspecified atom stereocenters. The van der Waals surface area contributed by atoms with Crippen molar-refractivity contribution >= 4 is 36.2 Å². The van der Waals surface area contributed by atoms with Crippen LogP contribution in [0.5, 0.6) is 0 Å². The summed E-state index contributed by atoms with van der Waals surface area (Å²) in [5.41, 5.74) is 0.850. The van der Waals surface area contributed by atoms with Crippen LogP contribution in [0, 0.1) is 11.7 Å². The Morgan fingerprint density at radius 3 is 2.57 bits per heavy atom. The molecule has 1 aromatic rings. The van der Waals surface area contributed by atoms with Crippen LogP contribution >= 0.6 is 11.6 Å². The highest BCUT2D eigenvalue weighted by atomic mass is 35.5. The Hall–Kier alpha value is -3.35. The molecule has 1 aromatic carbocycles. The maximum Gasteiger partial charge on any atom is 0.414 e. The molecule has 0 bridgehead atoms. The molecule has 0 saturated carbocycles. The number of hydrogen-bond donors (Lipinski definition) is 2. The third-order valence-corrected chi connectivity index (χ3v) is 7.11. The van der Waals surface area contributed by atoms with E-state index in [1.807, 2.05) is 24.8 Å². The van der Waals surface area contributed by atoms with Crippen molar-refractivity contribution in [2.45, 2.75) is 59.6 Å². The minimum Gasteiger partial charge on any atom is -0.481 e. The van der Waals surface area contributed by atoms with Crippen molar-refractivity contribution in [3.05, 3.63) is 70.4 Å². The Morgan fingerprint density at radius 1 is 1.28 bits per heavy atom. The maximum absolute atomic E-state index is 13.8. The molecule has 1 fully saturated rings. The standard InChI is InChI=1S/C24H35ClFN5O2.C7H6F3N.C2H6/c1-4-5-12-30(16-18(2)24(32)33)17-29-22(19-6-7-21(26)20(25)15-19)8-9-23(27-3)31-13-10-28-11-14-31;8-7(9,10)6-3-1-2-4-11-5-6;1-2/h6-7,9,15,18,28H,3-5,8,10-14,16-17H2,1-2H3,(H,32,33);1-2,4-5H,3H2;1-2H3/b23-9+,29-22+;;. The molecular formula is C33H47ClF4N6O2. The number of unbranched alkanes of at least 4 members (excludes halogenated alkanes) is 1. The van der Waals surface area contributed by atoms with Gasteiger partial charge in [0, 0.05) is 57.3 Å². The van der Waals surface area contributed by atoms with Crippen LogP contribution in [0.25, 0.3) is 0 Å². The molecule has 0 radical (unpaired) electrons. The number of hydrogen-bond acceptors (Lipinski definition) is 7. The number of aliphatic carboxylic acids is 1. The van der Waals surface area contributed by atoms with E-state index in [4.69, 9.17) is 16.6 Å². The van der Waals surface area contributed by atoms with Gasteiger partial charge >= 0.3 is 12.1 Å². The molecule has 8 nitrogen and oxygen atoms in total. The van der Waals surface area contributed by atoms with Gasteiger partial charge in [-0.05, 0) is 56.0 Å². The number of piperazine rings is 1. The van der Waals surface area contributed by atoms with Crippen LogP contribution < -0.4 is 5.32 Å². The number of carbonyl (C=O) groups is 1. The van der Waals surface area contributed by atoms with Crippen LogP contribution in [0.4, 0.5) is 17.6 Å². The Balaban J connectivity index is 0.000000679. The van der Waals surface area contributed by atoms with Crippen molar-refractivity contribution in [3.8, 4) is 0 Å². The van der Waals surface area contributed by atoms with Gasteiger partial charge in [0.1, 0.15) is 11.6 Å². The van der Waals surface area contributed by atoms with Gasteiger partial charge in [-0.2, -0.15) is 13.2 Å². The minimum absolute atomic E-state index is 0.0377. The normalized spacial score (nSPS) is 16.0. The van der Waals surface area contributed by atoms with Gasteiger partial charge in [-0.15, -0.1) is 0 Å². The topological polar surface area (TPSA) is 92.9 Å². The molecule has 256 valence electrons. The number of carboxylic acid groups (broad SMARTS) is 1.